The van der Waals surface area contributed by atoms with Gasteiger partial charge in [0.25, 0.3) is 0 Å². The molecule has 2 atom stereocenters. The average Bonchev–Trinajstić information content (AvgIpc) is 3.06. The van der Waals surface area contributed by atoms with E-state index in [0.717, 1.165) is 25.8 Å². The normalized spacial score (nSPS) is 25.8. The number of benzene rings is 1. The summed E-state index contributed by atoms with van der Waals surface area (Å²) in [4.78, 5) is 12.1. The molecule has 4 rings (SSSR count). The second kappa shape index (κ2) is 8.00. The molecule has 1 aromatic carbocycles. The third-order valence-corrected chi connectivity index (χ3v) is 5.85. The standard InChI is InChI=1S/C23H19F6NO2/c24-22(25,26)16-8-14(9-17(11-16)23(27,28)29)4-5-15-10-18-13-21(6-2-1-3-7-30-18)19(15)12-20(31)32-21/h8-12,18,30H,1-3,6-7,13H2. The Kier molecular flexibility index (Phi) is 5.61. The van der Waals surface area contributed by atoms with E-state index in [-0.39, 0.29) is 12.1 Å². The van der Waals surface area contributed by atoms with Crippen LogP contribution in [0, 0.1) is 11.8 Å². The molecule has 2 bridgehead atoms. The first kappa shape index (κ1) is 22.5. The van der Waals surface area contributed by atoms with Crippen LogP contribution in [0.4, 0.5) is 26.3 Å². The van der Waals surface area contributed by atoms with Crippen molar-refractivity contribution in [3.8, 4) is 11.8 Å². The van der Waals surface area contributed by atoms with E-state index >= 15 is 0 Å². The van der Waals surface area contributed by atoms with E-state index < -0.39 is 40.6 Å². The number of rotatable bonds is 0. The smallest absolute Gasteiger partial charge is 0.416 e. The van der Waals surface area contributed by atoms with Crippen LogP contribution in [0.2, 0.25) is 0 Å². The first-order valence-electron chi connectivity index (χ1n) is 10.2. The van der Waals surface area contributed by atoms with E-state index in [1.54, 1.807) is 6.08 Å². The van der Waals surface area contributed by atoms with Crippen LogP contribution in [0.5, 0.6) is 0 Å². The average molecular weight is 455 g/mol. The Labute approximate surface area is 180 Å². The molecule has 0 radical (unpaired) electrons. The maximum atomic E-state index is 13.1. The molecule has 32 heavy (non-hydrogen) atoms. The number of alkyl halides is 6. The number of hydrogen-bond donors (Lipinski definition) is 1. The lowest BCUT2D eigenvalue weighted by Crippen LogP contribution is -2.44. The number of carbonyl (C=O) groups excluding carboxylic acids is 1. The van der Waals surface area contributed by atoms with E-state index in [9.17, 15) is 31.1 Å². The van der Waals surface area contributed by atoms with Gasteiger partial charge < -0.3 is 10.1 Å². The molecule has 1 aliphatic carbocycles. The minimum Gasteiger partial charge on any atom is -0.451 e. The van der Waals surface area contributed by atoms with Gasteiger partial charge in [0, 0.05) is 35.2 Å². The number of fused-ring (bicyclic) bond motifs is 1. The molecule has 0 saturated carbocycles. The van der Waals surface area contributed by atoms with Crippen LogP contribution >= 0.6 is 0 Å². The monoisotopic (exact) mass is 455 g/mol. The van der Waals surface area contributed by atoms with Gasteiger partial charge in [-0.3, -0.25) is 0 Å². The molecule has 1 fully saturated rings. The lowest BCUT2D eigenvalue weighted by atomic mass is 9.75. The summed E-state index contributed by atoms with van der Waals surface area (Å²) in [5.41, 5.74) is -3.21. The van der Waals surface area contributed by atoms with Gasteiger partial charge >= 0.3 is 18.3 Å². The topological polar surface area (TPSA) is 38.3 Å². The Morgan fingerprint density at radius 1 is 0.969 bits per heavy atom. The van der Waals surface area contributed by atoms with Crippen molar-refractivity contribution in [2.45, 2.75) is 56.1 Å². The lowest BCUT2D eigenvalue weighted by molar-refractivity contribution is -0.147. The molecule has 0 aromatic heterocycles. The van der Waals surface area contributed by atoms with Crippen LogP contribution in [-0.2, 0) is 21.9 Å². The highest BCUT2D eigenvalue weighted by Crippen LogP contribution is 2.44. The summed E-state index contributed by atoms with van der Waals surface area (Å²) in [5, 5.41) is 3.34. The number of hydrogen-bond acceptors (Lipinski definition) is 3. The molecule has 1 spiro atoms. The Morgan fingerprint density at radius 3 is 2.31 bits per heavy atom. The van der Waals surface area contributed by atoms with Crippen LogP contribution in [0.3, 0.4) is 0 Å². The van der Waals surface area contributed by atoms with Crippen molar-refractivity contribution in [2.24, 2.45) is 0 Å². The molecule has 9 heteroatoms. The van der Waals surface area contributed by atoms with E-state index in [0.29, 0.717) is 36.1 Å². The molecule has 1 aromatic rings. The van der Waals surface area contributed by atoms with E-state index in [4.69, 9.17) is 4.74 Å². The maximum Gasteiger partial charge on any atom is 0.416 e. The highest BCUT2D eigenvalue weighted by molar-refractivity contribution is 5.89. The summed E-state index contributed by atoms with van der Waals surface area (Å²) >= 11 is 0. The van der Waals surface area contributed by atoms with Crippen LogP contribution in [-0.4, -0.2) is 24.2 Å². The Morgan fingerprint density at radius 2 is 1.66 bits per heavy atom. The number of carbonyl (C=O) groups is 1. The minimum atomic E-state index is -4.95. The van der Waals surface area contributed by atoms with Crippen LogP contribution in [0.1, 0.15) is 48.8 Å². The number of nitrogens with one attached hydrogen (secondary N) is 1. The fraction of sp³-hybridized carbons (Fsp3) is 0.435. The van der Waals surface area contributed by atoms with Crippen molar-refractivity contribution in [2.75, 3.05) is 6.54 Å². The molecule has 3 aliphatic rings. The van der Waals surface area contributed by atoms with Gasteiger partial charge in [0.15, 0.2) is 0 Å². The maximum absolute atomic E-state index is 13.1. The van der Waals surface area contributed by atoms with Gasteiger partial charge in [0.2, 0.25) is 0 Å². The lowest BCUT2D eigenvalue weighted by Gasteiger charge is -2.37. The number of ether oxygens (including phenoxy) is 1. The molecule has 0 amide bonds. The molecule has 2 unspecified atom stereocenters. The van der Waals surface area contributed by atoms with Gasteiger partial charge in [-0.25, -0.2) is 4.79 Å². The largest absolute Gasteiger partial charge is 0.451 e. The molecule has 2 aliphatic heterocycles. The zero-order chi connectivity index (χ0) is 23.1. The molecular formula is C23H19F6NO2. The summed E-state index contributed by atoms with van der Waals surface area (Å²) in [7, 11) is 0. The van der Waals surface area contributed by atoms with E-state index in [2.05, 4.69) is 17.2 Å². The van der Waals surface area contributed by atoms with E-state index in [1.165, 1.54) is 6.08 Å². The van der Waals surface area contributed by atoms with Crippen molar-refractivity contribution >= 4 is 5.97 Å². The number of esters is 1. The summed E-state index contributed by atoms with van der Waals surface area (Å²) in [6.45, 7) is 0.744. The Balaban J connectivity index is 1.77. The van der Waals surface area contributed by atoms with Gasteiger partial charge in [0.1, 0.15) is 5.60 Å². The third-order valence-electron chi connectivity index (χ3n) is 5.85. The van der Waals surface area contributed by atoms with Crippen molar-refractivity contribution < 1.29 is 35.9 Å². The SMILES string of the molecule is O=C1C=C2C(C#Cc3cc(C(F)(F)F)cc(C(F)(F)F)c3)=CC3CC2(CCCCCN3)O1. The summed E-state index contributed by atoms with van der Waals surface area (Å²) in [6.07, 6.45) is -3.00. The van der Waals surface area contributed by atoms with Crippen LogP contribution in [0.15, 0.2) is 41.5 Å². The van der Waals surface area contributed by atoms with Gasteiger partial charge in [-0.15, -0.1) is 0 Å². The Hall–Kier alpha value is -2.73. The predicted molar refractivity (Wildman–Crippen MR) is 103 cm³/mol. The fourth-order valence-electron chi connectivity index (χ4n) is 4.40. The third kappa shape index (κ3) is 4.56. The molecule has 1 N–H and O–H groups in total. The van der Waals surface area contributed by atoms with Gasteiger partial charge in [0.05, 0.1) is 11.1 Å². The summed E-state index contributed by atoms with van der Waals surface area (Å²) < 4.78 is 84.4. The van der Waals surface area contributed by atoms with Crippen molar-refractivity contribution in [3.05, 3.63) is 58.2 Å². The molecule has 170 valence electrons. The quantitative estimate of drug-likeness (QED) is 0.334. The Bertz CT molecular complexity index is 1020. The first-order valence-corrected chi connectivity index (χ1v) is 10.2. The molecular weight excluding hydrogens is 436 g/mol. The zero-order valence-electron chi connectivity index (χ0n) is 16.8. The minimum absolute atomic E-state index is 0.0670. The van der Waals surface area contributed by atoms with Crippen LogP contribution < -0.4 is 5.32 Å². The van der Waals surface area contributed by atoms with E-state index in [1.807, 2.05) is 0 Å². The second-order valence-corrected chi connectivity index (χ2v) is 8.17. The molecule has 2 heterocycles. The first-order chi connectivity index (χ1) is 15.0. The molecule has 1 saturated heterocycles. The molecule has 3 nitrogen and oxygen atoms in total. The van der Waals surface area contributed by atoms with Crippen molar-refractivity contribution in [1.29, 1.82) is 0 Å². The van der Waals surface area contributed by atoms with Crippen LogP contribution in [0.25, 0.3) is 0 Å². The van der Waals surface area contributed by atoms with Gasteiger partial charge in [-0.05, 0) is 44.0 Å². The highest BCUT2D eigenvalue weighted by Gasteiger charge is 2.48. The van der Waals surface area contributed by atoms with Gasteiger partial charge in [-0.2, -0.15) is 26.3 Å². The highest BCUT2D eigenvalue weighted by atomic mass is 19.4. The van der Waals surface area contributed by atoms with Crippen molar-refractivity contribution in [3.63, 3.8) is 0 Å². The fourth-order valence-corrected chi connectivity index (χ4v) is 4.40. The van der Waals surface area contributed by atoms with Gasteiger partial charge in [-0.1, -0.05) is 24.3 Å². The second-order valence-electron chi connectivity index (χ2n) is 8.17. The van der Waals surface area contributed by atoms with Crippen molar-refractivity contribution in [1.82, 2.24) is 5.32 Å². The predicted octanol–water partition coefficient (Wildman–Crippen LogP) is 5.16. The summed E-state index contributed by atoms with van der Waals surface area (Å²) in [6, 6.07) is 1.08. The zero-order valence-corrected chi connectivity index (χ0v) is 16.8. The number of halogens is 6. The summed E-state index contributed by atoms with van der Waals surface area (Å²) in [5.74, 6) is 4.64.